The summed E-state index contributed by atoms with van der Waals surface area (Å²) in [4.78, 5) is 0. The fourth-order valence-electron chi connectivity index (χ4n) is 2.07. The second-order valence-electron chi connectivity index (χ2n) is 5.23. The Bertz CT molecular complexity index is 269. The van der Waals surface area contributed by atoms with Crippen molar-refractivity contribution >= 4 is 0 Å². The molecule has 0 atom stereocenters. The lowest BCUT2D eigenvalue weighted by Gasteiger charge is -2.06. The summed E-state index contributed by atoms with van der Waals surface area (Å²) in [5, 5.41) is 0. The minimum atomic E-state index is 0.760. The zero-order chi connectivity index (χ0) is 11.8. The van der Waals surface area contributed by atoms with E-state index in [4.69, 9.17) is 0 Å². The van der Waals surface area contributed by atoms with Crippen LogP contribution in [0.5, 0.6) is 0 Å². The van der Waals surface area contributed by atoms with Crippen LogP contribution in [0.4, 0.5) is 0 Å². The van der Waals surface area contributed by atoms with E-state index in [2.05, 4.69) is 45.0 Å². The van der Waals surface area contributed by atoms with Crippen molar-refractivity contribution in [3.8, 4) is 0 Å². The Morgan fingerprint density at radius 2 is 1.50 bits per heavy atom. The first-order valence-corrected chi connectivity index (χ1v) is 6.80. The van der Waals surface area contributed by atoms with Crippen molar-refractivity contribution in [1.29, 1.82) is 0 Å². The lowest BCUT2D eigenvalue weighted by Crippen LogP contribution is -1.94. The first-order chi connectivity index (χ1) is 7.72. The fraction of sp³-hybridized carbons (Fsp3) is 0.625. The number of rotatable bonds is 7. The molecule has 0 nitrogen and oxygen atoms in total. The summed E-state index contributed by atoms with van der Waals surface area (Å²) >= 11 is 0. The number of hydrogen-bond donors (Lipinski definition) is 0. The average Bonchev–Trinajstić information content (AvgIpc) is 2.26. The van der Waals surface area contributed by atoms with Gasteiger partial charge in [-0.15, -0.1) is 0 Å². The van der Waals surface area contributed by atoms with Crippen LogP contribution in [0.2, 0.25) is 0 Å². The van der Waals surface area contributed by atoms with Crippen LogP contribution in [0.25, 0.3) is 0 Å². The molecular formula is C16H26. The molecule has 90 valence electrons. The summed E-state index contributed by atoms with van der Waals surface area (Å²) in [5.41, 5.74) is 2.98. The number of aryl methyl sites for hydroxylation is 1. The fourth-order valence-corrected chi connectivity index (χ4v) is 2.07. The molecular weight excluding hydrogens is 192 g/mol. The van der Waals surface area contributed by atoms with Crippen LogP contribution in [-0.4, -0.2) is 0 Å². The summed E-state index contributed by atoms with van der Waals surface area (Å²) < 4.78 is 0. The Labute approximate surface area is 101 Å². The summed E-state index contributed by atoms with van der Waals surface area (Å²) in [6, 6.07) is 9.22. The molecule has 1 aromatic carbocycles. The van der Waals surface area contributed by atoms with Crippen molar-refractivity contribution in [2.75, 3.05) is 0 Å². The van der Waals surface area contributed by atoms with E-state index >= 15 is 0 Å². The summed E-state index contributed by atoms with van der Waals surface area (Å²) in [7, 11) is 0. The Morgan fingerprint density at radius 3 is 2.06 bits per heavy atom. The predicted octanol–water partition coefficient (Wildman–Crippen LogP) is 5.01. The van der Waals surface area contributed by atoms with E-state index in [9.17, 15) is 0 Å². The number of benzene rings is 1. The third-order valence-electron chi connectivity index (χ3n) is 2.99. The van der Waals surface area contributed by atoms with Crippen LogP contribution in [0.3, 0.4) is 0 Å². The number of hydrogen-bond acceptors (Lipinski definition) is 0. The molecule has 0 heteroatoms. The Balaban J connectivity index is 2.33. The van der Waals surface area contributed by atoms with Crippen molar-refractivity contribution in [3.63, 3.8) is 0 Å². The lowest BCUT2D eigenvalue weighted by molar-refractivity contribution is 0.646. The molecule has 0 bridgehead atoms. The molecule has 16 heavy (non-hydrogen) atoms. The van der Waals surface area contributed by atoms with E-state index in [0.29, 0.717) is 0 Å². The maximum atomic E-state index is 2.31. The van der Waals surface area contributed by atoms with E-state index in [0.717, 1.165) is 5.92 Å². The molecule has 0 unspecified atom stereocenters. The van der Waals surface area contributed by atoms with Crippen LogP contribution in [-0.2, 0) is 12.8 Å². The van der Waals surface area contributed by atoms with Gasteiger partial charge in [-0.1, -0.05) is 64.3 Å². The Kier molecular flexibility index (Phi) is 6.22. The molecule has 1 aromatic rings. The highest BCUT2D eigenvalue weighted by molar-refractivity contribution is 5.22. The molecule has 0 aliphatic heterocycles. The van der Waals surface area contributed by atoms with Crippen molar-refractivity contribution in [3.05, 3.63) is 35.4 Å². The summed E-state index contributed by atoms with van der Waals surface area (Å²) in [6.45, 7) is 6.82. The molecule has 0 radical (unpaired) electrons. The average molecular weight is 218 g/mol. The van der Waals surface area contributed by atoms with Gasteiger partial charge in [0.15, 0.2) is 0 Å². The molecule has 0 aliphatic carbocycles. The van der Waals surface area contributed by atoms with Crippen LogP contribution in [0, 0.1) is 5.92 Å². The highest BCUT2D eigenvalue weighted by Crippen LogP contribution is 2.12. The van der Waals surface area contributed by atoms with Crippen molar-refractivity contribution < 1.29 is 0 Å². The molecule has 0 aliphatic rings. The van der Waals surface area contributed by atoms with Crippen molar-refractivity contribution in [2.45, 2.75) is 59.3 Å². The van der Waals surface area contributed by atoms with Gasteiger partial charge in [-0.2, -0.15) is 0 Å². The molecule has 0 aromatic heterocycles. The van der Waals surface area contributed by atoms with Gasteiger partial charge in [-0.05, 0) is 36.3 Å². The smallest absolute Gasteiger partial charge is 0.0256 e. The zero-order valence-electron chi connectivity index (χ0n) is 11.1. The van der Waals surface area contributed by atoms with Gasteiger partial charge in [0, 0.05) is 0 Å². The highest BCUT2D eigenvalue weighted by atomic mass is 14.0. The van der Waals surface area contributed by atoms with Crippen LogP contribution < -0.4 is 0 Å². The summed E-state index contributed by atoms with van der Waals surface area (Å²) in [6.07, 6.45) is 7.89. The molecule has 0 fully saturated rings. The maximum Gasteiger partial charge on any atom is -0.0256 e. The minimum Gasteiger partial charge on any atom is -0.0654 e. The van der Waals surface area contributed by atoms with E-state index < -0.39 is 0 Å². The van der Waals surface area contributed by atoms with E-state index in [1.165, 1.54) is 49.7 Å². The second kappa shape index (κ2) is 7.49. The molecule has 1 rings (SSSR count). The topological polar surface area (TPSA) is 0 Å². The normalized spacial score (nSPS) is 11.0. The monoisotopic (exact) mass is 218 g/mol. The predicted molar refractivity (Wildman–Crippen MR) is 72.8 cm³/mol. The highest BCUT2D eigenvalue weighted by Gasteiger charge is 1.98. The van der Waals surface area contributed by atoms with Gasteiger partial charge in [-0.25, -0.2) is 0 Å². The molecule has 0 amide bonds. The van der Waals surface area contributed by atoms with Gasteiger partial charge in [0.1, 0.15) is 0 Å². The molecule has 0 N–H and O–H groups in total. The van der Waals surface area contributed by atoms with Gasteiger partial charge in [0.05, 0.1) is 0 Å². The third kappa shape index (κ3) is 5.34. The van der Waals surface area contributed by atoms with E-state index in [1.54, 1.807) is 0 Å². The zero-order valence-corrected chi connectivity index (χ0v) is 11.1. The van der Waals surface area contributed by atoms with Crippen LogP contribution >= 0.6 is 0 Å². The SMILES string of the molecule is CCCCCCc1ccc(CC(C)C)cc1. The Morgan fingerprint density at radius 1 is 0.875 bits per heavy atom. The summed E-state index contributed by atoms with van der Waals surface area (Å²) in [5.74, 6) is 0.760. The maximum absolute atomic E-state index is 2.31. The largest absolute Gasteiger partial charge is 0.0654 e. The first-order valence-electron chi connectivity index (χ1n) is 6.80. The lowest BCUT2D eigenvalue weighted by atomic mass is 10.00. The molecule has 0 saturated carbocycles. The quantitative estimate of drug-likeness (QED) is 0.564. The molecule has 0 heterocycles. The van der Waals surface area contributed by atoms with Gasteiger partial charge in [0.25, 0.3) is 0 Å². The van der Waals surface area contributed by atoms with Gasteiger partial charge < -0.3 is 0 Å². The number of unbranched alkanes of at least 4 members (excludes halogenated alkanes) is 3. The van der Waals surface area contributed by atoms with Gasteiger partial charge in [-0.3, -0.25) is 0 Å². The third-order valence-corrected chi connectivity index (χ3v) is 2.99. The van der Waals surface area contributed by atoms with E-state index in [-0.39, 0.29) is 0 Å². The van der Waals surface area contributed by atoms with Crippen molar-refractivity contribution in [2.24, 2.45) is 5.92 Å². The second-order valence-corrected chi connectivity index (χ2v) is 5.23. The Hall–Kier alpha value is -0.780. The minimum absolute atomic E-state index is 0.760. The van der Waals surface area contributed by atoms with Crippen molar-refractivity contribution in [1.82, 2.24) is 0 Å². The van der Waals surface area contributed by atoms with Gasteiger partial charge in [0.2, 0.25) is 0 Å². The first kappa shape index (κ1) is 13.3. The standard InChI is InChI=1S/C16H26/c1-4-5-6-7-8-15-9-11-16(12-10-15)13-14(2)3/h9-12,14H,4-8,13H2,1-3H3. The van der Waals surface area contributed by atoms with E-state index in [1.807, 2.05) is 0 Å². The molecule has 0 saturated heterocycles. The molecule has 0 spiro atoms. The van der Waals surface area contributed by atoms with Gasteiger partial charge >= 0.3 is 0 Å². The van der Waals surface area contributed by atoms with Crippen LogP contribution in [0.15, 0.2) is 24.3 Å². The van der Waals surface area contributed by atoms with Crippen LogP contribution in [0.1, 0.15) is 57.6 Å².